The van der Waals surface area contributed by atoms with Crippen LogP contribution in [0.25, 0.3) is 22.4 Å². The summed E-state index contributed by atoms with van der Waals surface area (Å²) in [6, 6.07) is 13.4. The summed E-state index contributed by atoms with van der Waals surface area (Å²) in [6.45, 7) is 1.69. The monoisotopic (exact) mass is 417 g/mol. The molecule has 0 spiro atoms. The van der Waals surface area contributed by atoms with Gasteiger partial charge in [0.15, 0.2) is 6.10 Å². The van der Waals surface area contributed by atoms with Crippen molar-refractivity contribution < 1.29 is 18.3 Å². The number of hydrogen-bond acceptors (Lipinski definition) is 6. The number of aromatic nitrogens is 3. The van der Waals surface area contributed by atoms with Crippen LogP contribution >= 0.6 is 0 Å². The van der Waals surface area contributed by atoms with Crippen LogP contribution < -0.4 is 0 Å². The second-order valence-corrected chi connectivity index (χ2v) is 7.64. The maximum absolute atomic E-state index is 13.2. The summed E-state index contributed by atoms with van der Waals surface area (Å²) in [4.78, 5) is 18.0. The average Bonchev–Trinajstić information content (AvgIpc) is 3.28. The van der Waals surface area contributed by atoms with Crippen molar-refractivity contribution in [2.45, 2.75) is 38.7 Å². The second kappa shape index (κ2) is 7.91. The first-order valence-electron chi connectivity index (χ1n) is 10.3. The van der Waals surface area contributed by atoms with E-state index in [0.717, 1.165) is 47.8 Å². The molecule has 31 heavy (non-hydrogen) atoms. The summed E-state index contributed by atoms with van der Waals surface area (Å²) < 4.78 is 24.6. The highest BCUT2D eigenvalue weighted by Gasteiger charge is 2.26. The highest BCUT2D eigenvalue weighted by Crippen LogP contribution is 2.31. The number of para-hydroxylation sites is 1. The van der Waals surface area contributed by atoms with E-state index >= 15 is 0 Å². The molecule has 0 radical (unpaired) electrons. The molecule has 6 nitrogen and oxygen atoms in total. The van der Waals surface area contributed by atoms with Gasteiger partial charge in [-0.05, 0) is 68.5 Å². The molecule has 0 saturated heterocycles. The van der Waals surface area contributed by atoms with Gasteiger partial charge in [-0.25, -0.2) is 9.18 Å². The van der Waals surface area contributed by atoms with Gasteiger partial charge in [-0.1, -0.05) is 18.2 Å². The molecule has 0 saturated carbocycles. The Kier molecular flexibility index (Phi) is 4.94. The smallest absolute Gasteiger partial charge is 0.339 e. The number of nitrogens with zero attached hydrogens (tertiary/aromatic N) is 3. The standard InChI is InChI=1S/C24H20FN3O3/c1-14(22-27-28-23(31-22)15-10-12-16(25)13-11-15)30-24(29)21-17-6-2-4-8-19(17)26-20-9-5-3-7-18(20)21/h2,4,6,8,10-14H,3,5,7,9H2,1H3/t14-/m0/s1. The number of fused-ring (bicyclic) bond motifs is 2. The van der Waals surface area contributed by atoms with E-state index < -0.39 is 12.1 Å². The zero-order valence-corrected chi connectivity index (χ0v) is 17.0. The van der Waals surface area contributed by atoms with Crippen molar-refractivity contribution in [2.24, 2.45) is 0 Å². The van der Waals surface area contributed by atoms with E-state index in [1.54, 1.807) is 19.1 Å². The summed E-state index contributed by atoms with van der Waals surface area (Å²) >= 11 is 0. The fraction of sp³-hybridized carbons (Fsp3) is 0.250. The fourth-order valence-corrected chi connectivity index (χ4v) is 3.98. The number of pyridine rings is 1. The Balaban J connectivity index is 1.44. The third kappa shape index (κ3) is 3.67. The molecule has 0 fully saturated rings. The molecular weight excluding hydrogens is 397 g/mol. The number of aryl methyl sites for hydroxylation is 1. The van der Waals surface area contributed by atoms with Crippen LogP contribution in [0.2, 0.25) is 0 Å². The third-order valence-corrected chi connectivity index (χ3v) is 5.54. The van der Waals surface area contributed by atoms with Crippen LogP contribution in [0.5, 0.6) is 0 Å². The molecule has 7 heteroatoms. The van der Waals surface area contributed by atoms with E-state index in [1.165, 1.54) is 12.1 Å². The molecule has 1 aliphatic rings. The summed E-state index contributed by atoms with van der Waals surface area (Å²) in [5.41, 5.74) is 3.90. The quantitative estimate of drug-likeness (QED) is 0.424. The minimum atomic E-state index is -0.736. The van der Waals surface area contributed by atoms with Gasteiger partial charge in [-0.15, -0.1) is 10.2 Å². The van der Waals surface area contributed by atoms with Gasteiger partial charge in [-0.2, -0.15) is 0 Å². The van der Waals surface area contributed by atoms with E-state index in [-0.39, 0.29) is 17.6 Å². The first-order valence-corrected chi connectivity index (χ1v) is 10.3. The van der Waals surface area contributed by atoms with Crippen molar-refractivity contribution in [2.75, 3.05) is 0 Å². The molecule has 2 heterocycles. The molecule has 0 N–H and O–H groups in total. The Labute approximate surface area is 178 Å². The van der Waals surface area contributed by atoms with Crippen LogP contribution in [0, 0.1) is 5.82 Å². The van der Waals surface area contributed by atoms with Gasteiger partial charge in [0.1, 0.15) is 5.82 Å². The normalized spacial score (nSPS) is 14.3. The van der Waals surface area contributed by atoms with Crippen LogP contribution in [0.3, 0.4) is 0 Å². The molecule has 2 aromatic carbocycles. The van der Waals surface area contributed by atoms with Crippen LogP contribution in [-0.4, -0.2) is 21.2 Å². The number of esters is 1. The van der Waals surface area contributed by atoms with E-state index in [2.05, 4.69) is 10.2 Å². The Morgan fingerprint density at radius 2 is 1.84 bits per heavy atom. The largest absolute Gasteiger partial charge is 0.449 e. The summed E-state index contributed by atoms with van der Waals surface area (Å²) in [5.74, 6) is -0.353. The van der Waals surface area contributed by atoms with Crippen molar-refractivity contribution in [1.82, 2.24) is 15.2 Å². The topological polar surface area (TPSA) is 78.1 Å². The summed E-state index contributed by atoms with van der Waals surface area (Å²) in [6.07, 6.45) is 3.02. The van der Waals surface area contributed by atoms with Gasteiger partial charge >= 0.3 is 5.97 Å². The predicted octanol–water partition coefficient (Wildman–Crippen LogP) is 5.22. The van der Waals surface area contributed by atoms with Gasteiger partial charge in [0.2, 0.25) is 5.89 Å². The predicted molar refractivity (Wildman–Crippen MR) is 112 cm³/mol. The van der Waals surface area contributed by atoms with E-state index in [1.807, 2.05) is 24.3 Å². The van der Waals surface area contributed by atoms with Crippen LogP contribution in [0.4, 0.5) is 4.39 Å². The van der Waals surface area contributed by atoms with Crippen molar-refractivity contribution in [3.8, 4) is 11.5 Å². The van der Waals surface area contributed by atoms with Crippen molar-refractivity contribution in [3.05, 3.63) is 77.1 Å². The molecule has 5 rings (SSSR count). The maximum atomic E-state index is 13.2. The van der Waals surface area contributed by atoms with Crippen LogP contribution in [0.1, 0.15) is 53.4 Å². The molecule has 1 atom stereocenters. The molecule has 1 aliphatic carbocycles. The molecule has 0 aliphatic heterocycles. The molecular formula is C24H20FN3O3. The first-order chi connectivity index (χ1) is 15.1. The minimum Gasteiger partial charge on any atom is -0.449 e. The Morgan fingerprint density at radius 3 is 2.68 bits per heavy atom. The zero-order valence-electron chi connectivity index (χ0n) is 17.0. The number of carbonyl (C=O) groups is 1. The lowest BCUT2D eigenvalue weighted by Gasteiger charge is -2.20. The lowest BCUT2D eigenvalue weighted by molar-refractivity contribution is 0.0280. The number of halogens is 1. The molecule has 156 valence electrons. The van der Waals surface area contributed by atoms with Gasteiger partial charge < -0.3 is 9.15 Å². The highest BCUT2D eigenvalue weighted by atomic mass is 19.1. The lowest BCUT2D eigenvalue weighted by atomic mass is 9.90. The van der Waals surface area contributed by atoms with E-state index in [4.69, 9.17) is 14.1 Å². The van der Waals surface area contributed by atoms with E-state index in [9.17, 15) is 9.18 Å². The second-order valence-electron chi connectivity index (χ2n) is 7.64. The van der Waals surface area contributed by atoms with Gasteiger partial charge in [0, 0.05) is 16.6 Å². The number of benzene rings is 2. The number of ether oxygens (including phenoxy) is 1. The highest BCUT2D eigenvalue weighted by molar-refractivity contribution is 6.05. The van der Waals surface area contributed by atoms with Gasteiger partial charge in [0.05, 0.1) is 11.1 Å². The third-order valence-electron chi connectivity index (χ3n) is 5.54. The summed E-state index contributed by atoms with van der Waals surface area (Å²) in [5, 5.41) is 8.80. The van der Waals surface area contributed by atoms with Gasteiger partial charge in [0.25, 0.3) is 5.89 Å². The molecule has 2 aromatic heterocycles. The minimum absolute atomic E-state index is 0.180. The van der Waals surface area contributed by atoms with Gasteiger partial charge in [-0.3, -0.25) is 4.98 Å². The SMILES string of the molecule is C[C@H](OC(=O)c1c2c(nc3ccccc13)CCCC2)c1nnc(-c2ccc(F)cc2)o1. The molecule has 4 aromatic rings. The fourth-order valence-electron chi connectivity index (χ4n) is 3.98. The average molecular weight is 417 g/mol. The number of rotatable bonds is 4. The molecule has 0 amide bonds. The lowest BCUT2D eigenvalue weighted by Crippen LogP contribution is -2.17. The van der Waals surface area contributed by atoms with E-state index in [0.29, 0.717) is 11.1 Å². The number of carbonyl (C=O) groups excluding carboxylic acids is 1. The Bertz CT molecular complexity index is 1270. The van der Waals surface area contributed by atoms with Crippen molar-refractivity contribution >= 4 is 16.9 Å². The summed E-state index contributed by atoms with van der Waals surface area (Å²) in [7, 11) is 0. The maximum Gasteiger partial charge on any atom is 0.339 e. The Hall–Kier alpha value is -3.61. The van der Waals surface area contributed by atoms with Crippen molar-refractivity contribution in [1.29, 1.82) is 0 Å². The molecule has 0 bridgehead atoms. The Morgan fingerprint density at radius 1 is 1.06 bits per heavy atom. The first kappa shape index (κ1) is 19.4. The zero-order chi connectivity index (χ0) is 21.4. The van der Waals surface area contributed by atoms with Crippen molar-refractivity contribution in [3.63, 3.8) is 0 Å². The molecule has 0 unspecified atom stereocenters. The van der Waals surface area contributed by atoms with Crippen LogP contribution in [0.15, 0.2) is 52.9 Å². The van der Waals surface area contributed by atoms with Crippen LogP contribution in [-0.2, 0) is 17.6 Å². The number of hydrogen-bond donors (Lipinski definition) is 0.